The highest BCUT2D eigenvalue weighted by Gasteiger charge is 2.37. The van der Waals surface area contributed by atoms with Gasteiger partial charge in [0.2, 0.25) is 0 Å². The summed E-state index contributed by atoms with van der Waals surface area (Å²) in [5.74, 6) is 0. The number of fused-ring (bicyclic) bond motifs is 10. The smallest absolute Gasteiger partial charge is 0.0583 e. The van der Waals surface area contributed by atoms with Gasteiger partial charge < -0.3 is 14.4 Å². The second-order valence-electron chi connectivity index (χ2n) is 19.4. The number of nitrogens with zero attached hydrogens (tertiary/aromatic N) is 3. The van der Waals surface area contributed by atoms with Crippen LogP contribution in [0.2, 0.25) is 0 Å². The van der Waals surface area contributed by atoms with Gasteiger partial charge in [0.05, 0.1) is 22.4 Å². The van der Waals surface area contributed by atoms with Crippen LogP contribution in [0.15, 0.2) is 224 Å². The lowest BCUT2D eigenvalue weighted by Crippen LogP contribution is -2.16. The van der Waals surface area contributed by atoms with Crippen molar-refractivity contribution in [2.24, 2.45) is 0 Å². The molecule has 11 aromatic rings. The number of anilines is 6. The molecule has 0 bridgehead atoms. The first-order valence-electron chi connectivity index (χ1n) is 23.5. The summed E-state index contributed by atoms with van der Waals surface area (Å²) in [7, 11) is 0. The van der Waals surface area contributed by atoms with Gasteiger partial charge >= 0.3 is 0 Å². The third-order valence-corrected chi connectivity index (χ3v) is 14.9. The number of para-hydroxylation sites is 3. The van der Waals surface area contributed by atoms with E-state index in [1.54, 1.807) is 0 Å². The van der Waals surface area contributed by atoms with Crippen molar-refractivity contribution in [3.8, 4) is 27.9 Å². The van der Waals surface area contributed by atoms with Crippen molar-refractivity contribution in [3.05, 3.63) is 247 Å². The van der Waals surface area contributed by atoms with E-state index in [9.17, 15) is 0 Å². The van der Waals surface area contributed by atoms with Crippen molar-refractivity contribution in [3.63, 3.8) is 0 Å². The highest BCUT2D eigenvalue weighted by molar-refractivity contribution is 6.20. The lowest BCUT2D eigenvalue weighted by Gasteiger charge is -2.31. The maximum absolute atomic E-state index is 2.51. The Hall–Kier alpha value is -8.14. The van der Waals surface area contributed by atoms with Crippen molar-refractivity contribution in [2.75, 3.05) is 9.80 Å². The Balaban J connectivity index is 1.16. The molecule has 67 heavy (non-hydrogen) atoms. The van der Waals surface area contributed by atoms with Gasteiger partial charge in [-0.05, 0) is 140 Å². The molecule has 1 aromatic heterocycles. The molecule has 0 aliphatic heterocycles. The quantitative estimate of drug-likeness (QED) is 0.158. The van der Waals surface area contributed by atoms with Crippen LogP contribution in [-0.4, -0.2) is 4.57 Å². The number of hydrogen-bond acceptors (Lipinski definition) is 2. The number of benzene rings is 10. The molecule has 2 aliphatic carbocycles. The molecule has 13 rings (SSSR count). The molecule has 3 heteroatoms. The van der Waals surface area contributed by atoms with Crippen LogP contribution in [0.1, 0.15) is 49.9 Å². The molecule has 3 nitrogen and oxygen atoms in total. The molecule has 0 fully saturated rings. The van der Waals surface area contributed by atoms with E-state index in [-0.39, 0.29) is 10.8 Å². The molecular weight excluding hydrogens is 811 g/mol. The molecule has 0 spiro atoms. The topological polar surface area (TPSA) is 11.4 Å². The number of rotatable bonds is 7. The van der Waals surface area contributed by atoms with Crippen LogP contribution in [0.5, 0.6) is 0 Å². The monoisotopic (exact) mass is 859 g/mol. The Labute approximate surface area is 392 Å². The van der Waals surface area contributed by atoms with Crippen LogP contribution in [0.4, 0.5) is 34.1 Å². The average molecular weight is 860 g/mol. The fraction of sp³-hybridized carbons (Fsp3) is 0.0938. The molecule has 0 amide bonds. The zero-order valence-corrected chi connectivity index (χ0v) is 38.2. The summed E-state index contributed by atoms with van der Waals surface area (Å²) in [5, 5.41) is 4.82. The second-order valence-corrected chi connectivity index (χ2v) is 19.4. The van der Waals surface area contributed by atoms with Gasteiger partial charge in [-0.15, -0.1) is 0 Å². The SMILES string of the molecule is CC1(C)c2ccccc2-c2cc(N(c3ccccc3)c3cc(N(c4ccccc4)c4ccc5c(c4)-c4ccccc4C5(C)C)c4c5cc6ccccc6cc5n(-c5ccccc5)c4c3)ccc21. The molecule has 10 aromatic carbocycles. The Kier molecular flexibility index (Phi) is 8.60. The molecule has 0 unspecified atom stereocenters. The molecule has 0 N–H and O–H groups in total. The van der Waals surface area contributed by atoms with Crippen molar-refractivity contribution in [1.82, 2.24) is 4.57 Å². The predicted molar refractivity (Wildman–Crippen MR) is 283 cm³/mol. The largest absolute Gasteiger partial charge is 0.310 e. The average Bonchev–Trinajstić information content (AvgIpc) is 3.90. The third-order valence-electron chi connectivity index (χ3n) is 14.9. The minimum atomic E-state index is -0.110. The second kappa shape index (κ2) is 14.7. The van der Waals surface area contributed by atoms with Gasteiger partial charge in [0.25, 0.3) is 0 Å². The summed E-state index contributed by atoms with van der Waals surface area (Å²) in [5.41, 5.74) is 20.4. The Bertz CT molecular complexity index is 3750. The summed E-state index contributed by atoms with van der Waals surface area (Å²) in [4.78, 5) is 4.97. The van der Waals surface area contributed by atoms with Gasteiger partial charge in [-0.1, -0.05) is 167 Å². The van der Waals surface area contributed by atoms with Gasteiger partial charge in [-0.3, -0.25) is 0 Å². The first kappa shape index (κ1) is 39.2. The fourth-order valence-corrected chi connectivity index (χ4v) is 11.7. The van der Waals surface area contributed by atoms with Gasteiger partial charge in [0.15, 0.2) is 0 Å². The molecule has 0 atom stereocenters. The van der Waals surface area contributed by atoms with E-state index in [0.29, 0.717) is 0 Å². The maximum atomic E-state index is 2.51. The van der Waals surface area contributed by atoms with Crippen LogP contribution in [-0.2, 0) is 10.8 Å². The van der Waals surface area contributed by atoms with Crippen molar-refractivity contribution in [1.29, 1.82) is 0 Å². The Morgan fingerprint density at radius 2 is 0.791 bits per heavy atom. The number of aromatic nitrogens is 1. The Morgan fingerprint density at radius 3 is 1.37 bits per heavy atom. The molecule has 1 heterocycles. The minimum absolute atomic E-state index is 0.101. The summed E-state index contributed by atoms with van der Waals surface area (Å²) in [6, 6.07) is 83.4. The molecular formula is C64H49N3. The Morgan fingerprint density at radius 1 is 0.328 bits per heavy atom. The first-order chi connectivity index (χ1) is 32.8. The first-order valence-corrected chi connectivity index (χ1v) is 23.5. The molecule has 320 valence electrons. The van der Waals surface area contributed by atoms with E-state index in [1.165, 1.54) is 71.6 Å². The van der Waals surface area contributed by atoms with E-state index in [1.807, 2.05) is 0 Å². The van der Waals surface area contributed by atoms with Crippen molar-refractivity contribution < 1.29 is 0 Å². The van der Waals surface area contributed by atoms with Crippen LogP contribution < -0.4 is 9.80 Å². The van der Waals surface area contributed by atoms with Crippen LogP contribution in [0, 0.1) is 0 Å². The van der Waals surface area contributed by atoms with E-state index in [4.69, 9.17) is 0 Å². The standard InChI is InChI=1S/C64H49N3/c1-63(2)55-30-18-16-28-50(55)52-38-47(32-34-57(52)63)65(44-22-8-5-9-23-44)49-40-60(62-54-36-42-20-14-15-21-43(42)37-59(54)67(61(62)41-49)46-26-12-7-13-27-46)66(45-24-10-6-11-25-45)48-33-35-58-53(39-48)51-29-17-19-31-56(51)64(58,3)4/h5-41H,1-4H3. The van der Waals surface area contributed by atoms with Crippen molar-refractivity contribution >= 4 is 66.7 Å². The molecule has 0 saturated carbocycles. The van der Waals surface area contributed by atoms with Gasteiger partial charge in [0.1, 0.15) is 0 Å². The van der Waals surface area contributed by atoms with Gasteiger partial charge in [0, 0.05) is 50.0 Å². The minimum Gasteiger partial charge on any atom is -0.310 e. The lowest BCUT2D eigenvalue weighted by molar-refractivity contribution is 0.660. The van der Waals surface area contributed by atoms with E-state index in [2.05, 4.69) is 267 Å². The summed E-state index contributed by atoms with van der Waals surface area (Å²) in [6.45, 7) is 9.43. The fourth-order valence-electron chi connectivity index (χ4n) is 11.7. The van der Waals surface area contributed by atoms with Gasteiger partial charge in [-0.25, -0.2) is 0 Å². The summed E-state index contributed by atoms with van der Waals surface area (Å²) < 4.78 is 2.49. The van der Waals surface area contributed by atoms with Crippen molar-refractivity contribution in [2.45, 2.75) is 38.5 Å². The third kappa shape index (κ3) is 5.90. The molecule has 2 aliphatic rings. The lowest BCUT2D eigenvalue weighted by atomic mass is 9.82. The number of hydrogen-bond donors (Lipinski definition) is 0. The summed E-state index contributed by atoms with van der Waals surface area (Å²) >= 11 is 0. The van der Waals surface area contributed by atoms with E-state index in [0.717, 1.165) is 45.3 Å². The van der Waals surface area contributed by atoms with E-state index >= 15 is 0 Å². The highest BCUT2D eigenvalue weighted by atomic mass is 15.2. The zero-order chi connectivity index (χ0) is 45.0. The normalized spacial score (nSPS) is 13.9. The van der Waals surface area contributed by atoms with E-state index < -0.39 is 0 Å². The zero-order valence-electron chi connectivity index (χ0n) is 38.2. The van der Waals surface area contributed by atoms with Crippen LogP contribution in [0.3, 0.4) is 0 Å². The van der Waals surface area contributed by atoms with Crippen LogP contribution in [0.25, 0.3) is 60.5 Å². The maximum Gasteiger partial charge on any atom is 0.0583 e. The summed E-state index contributed by atoms with van der Waals surface area (Å²) in [6.07, 6.45) is 0. The molecule has 0 saturated heterocycles. The van der Waals surface area contributed by atoms with Crippen LogP contribution >= 0.6 is 0 Å². The molecule has 0 radical (unpaired) electrons. The predicted octanol–water partition coefficient (Wildman–Crippen LogP) is 17.5. The van der Waals surface area contributed by atoms with Gasteiger partial charge in [-0.2, -0.15) is 0 Å². The highest BCUT2D eigenvalue weighted by Crippen LogP contribution is 2.54.